The van der Waals surface area contributed by atoms with Gasteiger partial charge >= 0.3 is 24.3 Å². The Bertz CT molecular complexity index is 924. The molecule has 0 amide bonds. The van der Waals surface area contributed by atoms with Gasteiger partial charge in [0, 0.05) is 55.4 Å². The number of nitrogens with zero attached hydrogens (tertiary/aromatic N) is 3. The Kier molecular flexibility index (Phi) is 9.63. The van der Waals surface area contributed by atoms with Gasteiger partial charge in [-0.2, -0.15) is 26.3 Å². The van der Waals surface area contributed by atoms with Crippen LogP contribution >= 0.6 is 11.3 Å². The molecule has 4 heterocycles. The summed E-state index contributed by atoms with van der Waals surface area (Å²) in [5.74, 6) is -5.51. The summed E-state index contributed by atoms with van der Waals surface area (Å²) in [6.07, 6.45) is -4.97. The van der Waals surface area contributed by atoms with Crippen molar-refractivity contribution in [1.82, 2.24) is 14.8 Å². The number of pyridine rings is 1. The van der Waals surface area contributed by atoms with E-state index in [9.17, 15) is 26.3 Å². The van der Waals surface area contributed by atoms with Crippen LogP contribution in [0.2, 0.25) is 0 Å². The number of alkyl halides is 6. The third-order valence-electron chi connectivity index (χ3n) is 5.21. The Morgan fingerprint density at radius 3 is 1.97 bits per heavy atom. The smallest absolute Gasteiger partial charge is 0.475 e. The summed E-state index contributed by atoms with van der Waals surface area (Å²) in [6.45, 7) is 7.23. The number of hydrogen-bond donors (Lipinski definition) is 2. The molecule has 4 rings (SSSR count). The van der Waals surface area contributed by atoms with Gasteiger partial charge in [-0.05, 0) is 36.0 Å². The predicted octanol–water partition coefficient (Wildman–Crippen LogP) is 4.12. The standard InChI is InChI=1S/C17H21N3S.2C2HF3O2/c1-3-15(9-18-6-1)10-19-7-5-17(12-19)13-20(14-17)11-16-4-2-8-21-16;2*3-2(4,5)1(6)7/h1-4,6,8-9H,5,7,10-14H2;2*(H,6,7). The maximum atomic E-state index is 10.6. The fourth-order valence-corrected chi connectivity index (χ4v) is 4.55. The Labute approximate surface area is 200 Å². The zero-order chi connectivity index (χ0) is 26.3. The van der Waals surface area contributed by atoms with E-state index in [4.69, 9.17) is 19.8 Å². The molecule has 0 bridgehead atoms. The molecule has 0 unspecified atom stereocenters. The van der Waals surface area contributed by atoms with Crippen LogP contribution in [0.4, 0.5) is 26.3 Å². The van der Waals surface area contributed by atoms with E-state index in [2.05, 4.69) is 38.4 Å². The molecule has 0 aliphatic carbocycles. The van der Waals surface area contributed by atoms with Crippen molar-refractivity contribution in [3.63, 3.8) is 0 Å². The van der Waals surface area contributed by atoms with E-state index in [0.717, 1.165) is 13.1 Å². The van der Waals surface area contributed by atoms with Gasteiger partial charge in [-0.25, -0.2) is 9.59 Å². The highest BCUT2D eigenvalue weighted by Crippen LogP contribution is 2.40. The lowest BCUT2D eigenvalue weighted by Gasteiger charge is -2.48. The zero-order valence-corrected chi connectivity index (χ0v) is 19.0. The Morgan fingerprint density at radius 1 is 0.943 bits per heavy atom. The monoisotopic (exact) mass is 527 g/mol. The summed E-state index contributed by atoms with van der Waals surface area (Å²) in [6, 6.07) is 8.62. The van der Waals surface area contributed by atoms with Gasteiger partial charge in [-0.15, -0.1) is 11.3 Å². The number of thiophene rings is 1. The SMILES string of the molecule is O=C(O)C(F)(F)F.O=C(O)C(F)(F)F.c1cncc(CN2CCC3(C2)CN(Cc2cccs2)C3)c1. The number of carboxylic acid groups (broad SMARTS) is 2. The maximum absolute atomic E-state index is 10.6. The Hall–Kier alpha value is -2.71. The Morgan fingerprint density at radius 2 is 1.51 bits per heavy atom. The number of halogens is 6. The number of hydrogen-bond acceptors (Lipinski definition) is 6. The number of carbonyl (C=O) groups is 2. The molecule has 0 atom stereocenters. The molecule has 2 N–H and O–H groups in total. The molecule has 0 aromatic carbocycles. The Balaban J connectivity index is 0.000000257. The number of likely N-dealkylation sites (tertiary alicyclic amines) is 2. The normalized spacial score (nSPS) is 17.5. The van der Waals surface area contributed by atoms with Gasteiger partial charge in [-0.1, -0.05) is 12.1 Å². The summed E-state index contributed by atoms with van der Waals surface area (Å²) >= 11 is 1.87. The van der Waals surface area contributed by atoms with Crippen molar-refractivity contribution in [3.8, 4) is 0 Å². The second-order valence-corrected chi connectivity index (χ2v) is 9.18. The van der Waals surface area contributed by atoms with Crippen molar-refractivity contribution < 1.29 is 46.1 Å². The van der Waals surface area contributed by atoms with E-state index in [1.54, 1.807) is 0 Å². The average molecular weight is 527 g/mol. The molecule has 7 nitrogen and oxygen atoms in total. The van der Waals surface area contributed by atoms with Gasteiger partial charge in [0.25, 0.3) is 0 Å². The zero-order valence-electron chi connectivity index (χ0n) is 18.2. The van der Waals surface area contributed by atoms with Crippen LogP contribution < -0.4 is 0 Å². The second kappa shape index (κ2) is 11.8. The lowest BCUT2D eigenvalue weighted by atomic mass is 9.79. The van der Waals surface area contributed by atoms with E-state index in [1.807, 2.05) is 29.8 Å². The van der Waals surface area contributed by atoms with Crippen LogP contribution in [0.1, 0.15) is 16.9 Å². The van der Waals surface area contributed by atoms with Crippen molar-refractivity contribution in [2.45, 2.75) is 31.9 Å². The first-order chi connectivity index (χ1) is 16.2. The second-order valence-electron chi connectivity index (χ2n) is 8.15. The quantitative estimate of drug-likeness (QED) is 0.578. The average Bonchev–Trinajstić information content (AvgIpc) is 3.38. The summed E-state index contributed by atoms with van der Waals surface area (Å²) in [7, 11) is 0. The molecular weight excluding hydrogens is 504 g/mol. The molecule has 0 radical (unpaired) electrons. The van der Waals surface area contributed by atoms with Gasteiger partial charge in [0.05, 0.1) is 0 Å². The fourth-order valence-electron chi connectivity index (χ4n) is 3.81. The van der Waals surface area contributed by atoms with Crippen molar-refractivity contribution in [2.75, 3.05) is 26.2 Å². The lowest BCUT2D eigenvalue weighted by Crippen LogP contribution is -2.56. The minimum atomic E-state index is -5.08. The van der Waals surface area contributed by atoms with Crippen LogP contribution in [-0.2, 0) is 22.7 Å². The number of aliphatic carboxylic acids is 2. The molecule has 14 heteroatoms. The van der Waals surface area contributed by atoms with E-state index < -0.39 is 24.3 Å². The van der Waals surface area contributed by atoms with Crippen LogP contribution in [0.25, 0.3) is 0 Å². The maximum Gasteiger partial charge on any atom is 0.490 e. The molecule has 2 fully saturated rings. The van der Waals surface area contributed by atoms with Gasteiger partial charge in [0.15, 0.2) is 0 Å². The minimum Gasteiger partial charge on any atom is -0.475 e. The van der Waals surface area contributed by atoms with Crippen molar-refractivity contribution >= 4 is 23.3 Å². The van der Waals surface area contributed by atoms with Crippen LogP contribution in [0.5, 0.6) is 0 Å². The summed E-state index contributed by atoms with van der Waals surface area (Å²) in [5.41, 5.74) is 1.91. The topological polar surface area (TPSA) is 94.0 Å². The van der Waals surface area contributed by atoms with Crippen LogP contribution in [0.3, 0.4) is 0 Å². The number of carboxylic acids is 2. The van der Waals surface area contributed by atoms with Gasteiger partial charge in [0.1, 0.15) is 0 Å². The molecule has 0 saturated carbocycles. The van der Waals surface area contributed by atoms with Crippen LogP contribution in [0, 0.1) is 5.41 Å². The van der Waals surface area contributed by atoms with E-state index in [0.29, 0.717) is 5.41 Å². The highest BCUT2D eigenvalue weighted by atomic mass is 32.1. The van der Waals surface area contributed by atoms with Crippen molar-refractivity contribution in [2.24, 2.45) is 5.41 Å². The summed E-state index contributed by atoms with van der Waals surface area (Å²) in [4.78, 5) is 28.7. The van der Waals surface area contributed by atoms with Crippen LogP contribution in [0.15, 0.2) is 42.0 Å². The van der Waals surface area contributed by atoms with Gasteiger partial charge in [0.2, 0.25) is 0 Å². The van der Waals surface area contributed by atoms with Gasteiger partial charge < -0.3 is 10.2 Å². The highest BCUT2D eigenvalue weighted by Gasteiger charge is 2.47. The molecule has 2 aromatic heterocycles. The first-order valence-electron chi connectivity index (χ1n) is 10.2. The van der Waals surface area contributed by atoms with E-state index in [1.165, 1.54) is 43.0 Å². The van der Waals surface area contributed by atoms with E-state index >= 15 is 0 Å². The summed E-state index contributed by atoms with van der Waals surface area (Å²) < 4.78 is 63.5. The molecule has 2 aliphatic heterocycles. The molecule has 2 saturated heterocycles. The van der Waals surface area contributed by atoms with Gasteiger partial charge in [-0.3, -0.25) is 14.8 Å². The molecule has 35 heavy (non-hydrogen) atoms. The third kappa shape index (κ3) is 9.45. The van der Waals surface area contributed by atoms with Crippen LogP contribution in [-0.4, -0.2) is 75.5 Å². The first-order valence-corrected chi connectivity index (χ1v) is 11.0. The summed E-state index contributed by atoms with van der Waals surface area (Å²) in [5, 5.41) is 16.4. The van der Waals surface area contributed by atoms with Crippen molar-refractivity contribution in [3.05, 3.63) is 52.5 Å². The fraction of sp³-hybridized carbons (Fsp3) is 0.476. The number of aromatic nitrogens is 1. The minimum absolute atomic E-state index is 0.569. The molecule has 2 aliphatic rings. The first kappa shape index (κ1) is 28.5. The largest absolute Gasteiger partial charge is 0.490 e. The highest BCUT2D eigenvalue weighted by molar-refractivity contribution is 7.09. The lowest BCUT2D eigenvalue weighted by molar-refractivity contribution is -0.193. The third-order valence-corrected chi connectivity index (χ3v) is 6.07. The molecule has 2 aromatic rings. The number of rotatable bonds is 4. The predicted molar refractivity (Wildman–Crippen MR) is 114 cm³/mol. The molecule has 1 spiro atoms. The van der Waals surface area contributed by atoms with E-state index in [-0.39, 0.29) is 0 Å². The molecule has 194 valence electrons. The molecular formula is C21H23F6N3O4S. The van der Waals surface area contributed by atoms with Crippen molar-refractivity contribution in [1.29, 1.82) is 0 Å².